The van der Waals surface area contributed by atoms with Crippen LogP contribution in [0.2, 0.25) is 0 Å². The van der Waals surface area contributed by atoms with E-state index in [2.05, 4.69) is 62.0 Å². The van der Waals surface area contributed by atoms with Gasteiger partial charge in [-0.05, 0) is 12.2 Å². The minimum Gasteiger partial charge on any atom is -0.257 e. The lowest BCUT2D eigenvalue weighted by atomic mass is 9.95. The van der Waals surface area contributed by atoms with Gasteiger partial charge >= 0.3 is 0 Å². The maximum atomic E-state index is 4.68. The average Bonchev–Trinajstić information content (AvgIpc) is 2.49. The second-order valence-electron chi connectivity index (χ2n) is 6.35. The molecule has 3 heteroatoms. The molecule has 3 rings (SSSR count). The molecule has 2 aliphatic heterocycles. The smallest absolute Gasteiger partial charge is 0.107 e. The van der Waals surface area contributed by atoms with E-state index in [1.54, 1.807) is 11.3 Å². The van der Waals surface area contributed by atoms with Crippen LogP contribution in [0.1, 0.15) is 37.4 Å². The molecule has 0 spiro atoms. The Kier molecular flexibility index (Phi) is 2.65. The molecule has 98 valence electrons. The van der Waals surface area contributed by atoms with E-state index in [0.717, 1.165) is 11.4 Å². The van der Waals surface area contributed by atoms with E-state index in [1.807, 2.05) is 12.4 Å². The molecule has 0 N–H and O–H groups in total. The zero-order chi connectivity index (χ0) is 13.7. The summed E-state index contributed by atoms with van der Waals surface area (Å²) in [5.41, 5.74) is 2.05. The third-order valence-electron chi connectivity index (χ3n) is 3.29. The van der Waals surface area contributed by atoms with Gasteiger partial charge in [-0.3, -0.25) is 9.98 Å². The summed E-state index contributed by atoms with van der Waals surface area (Å²) in [5, 5.41) is 0. The van der Waals surface area contributed by atoms with Gasteiger partial charge in [0.25, 0.3) is 0 Å². The Bertz CT molecular complexity index is 585. The number of fused-ring (bicyclic) bond motifs is 3. The van der Waals surface area contributed by atoms with Crippen LogP contribution in [0.25, 0.3) is 12.2 Å². The summed E-state index contributed by atoms with van der Waals surface area (Å²) in [6, 6.07) is 0. The largest absolute Gasteiger partial charge is 0.257 e. The van der Waals surface area contributed by atoms with E-state index in [-0.39, 0.29) is 10.8 Å². The SMILES string of the molecule is CC1(C)C=Cc2sc3c(c2N=C1)N=CC(C)(C)C=C3. The Balaban J connectivity index is 2.15. The quantitative estimate of drug-likeness (QED) is 0.614. The zero-order valence-corrected chi connectivity index (χ0v) is 12.6. The summed E-state index contributed by atoms with van der Waals surface area (Å²) in [6.07, 6.45) is 12.8. The fourth-order valence-electron chi connectivity index (χ4n) is 2.05. The zero-order valence-electron chi connectivity index (χ0n) is 11.8. The molecule has 0 atom stereocenters. The van der Waals surface area contributed by atoms with Crippen molar-refractivity contribution in [2.24, 2.45) is 20.8 Å². The van der Waals surface area contributed by atoms with Crippen LogP contribution in [-0.2, 0) is 0 Å². The Hall–Kier alpha value is -1.48. The van der Waals surface area contributed by atoms with Crippen molar-refractivity contribution in [1.82, 2.24) is 0 Å². The summed E-state index contributed by atoms with van der Waals surface area (Å²) in [7, 11) is 0. The first-order valence-electron chi connectivity index (χ1n) is 6.52. The molecule has 0 fully saturated rings. The molecule has 3 heterocycles. The van der Waals surface area contributed by atoms with Gasteiger partial charge in [0.2, 0.25) is 0 Å². The highest BCUT2D eigenvalue weighted by molar-refractivity contribution is 7.15. The van der Waals surface area contributed by atoms with Gasteiger partial charge in [0.05, 0.1) is 9.75 Å². The molecule has 0 aliphatic carbocycles. The molecular weight excluding hydrogens is 252 g/mol. The molecule has 2 nitrogen and oxygen atoms in total. The van der Waals surface area contributed by atoms with Crippen LogP contribution in [0.3, 0.4) is 0 Å². The van der Waals surface area contributed by atoms with Crippen molar-refractivity contribution in [3.63, 3.8) is 0 Å². The fraction of sp³-hybridized carbons (Fsp3) is 0.375. The van der Waals surface area contributed by atoms with Crippen LogP contribution in [0, 0.1) is 10.8 Å². The van der Waals surface area contributed by atoms with Gasteiger partial charge in [0.1, 0.15) is 11.4 Å². The lowest BCUT2D eigenvalue weighted by Crippen LogP contribution is -2.07. The normalized spacial score (nSPS) is 21.7. The van der Waals surface area contributed by atoms with Gasteiger partial charge in [-0.25, -0.2) is 0 Å². The van der Waals surface area contributed by atoms with Crippen molar-refractivity contribution in [3.8, 4) is 0 Å². The van der Waals surface area contributed by atoms with E-state index in [1.165, 1.54) is 9.75 Å². The van der Waals surface area contributed by atoms with Crippen molar-refractivity contribution >= 4 is 47.3 Å². The van der Waals surface area contributed by atoms with Crippen LogP contribution >= 0.6 is 11.3 Å². The number of rotatable bonds is 0. The Labute approximate surface area is 118 Å². The van der Waals surface area contributed by atoms with Crippen molar-refractivity contribution in [2.45, 2.75) is 27.7 Å². The van der Waals surface area contributed by atoms with E-state index in [4.69, 9.17) is 0 Å². The number of thiophene rings is 1. The second-order valence-corrected chi connectivity index (χ2v) is 7.44. The molecule has 0 radical (unpaired) electrons. The average molecular weight is 270 g/mol. The van der Waals surface area contributed by atoms with Crippen LogP contribution < -0.4 is 0 Å². The molecule has 2 aliphatic rings. The Morgan fingerprint density at radius 1 is 0.789 bits per heavy atom. The molecule has 1 aromatic rings. The first kappa shape index (κ1) is 12.5. The summed E-state index contributed by atoms with van der Waals surface area (Å²) >= 11 is 1.76. The first-order valence-corrected chi connectivity index (χ1v) is 7.34. The van der Waals surface area contributed by atoms with Crippen molar-refractivity contribution < 1.29 is 0 Å². The van der Waals surface area contributed by atoms with Gasteiger partial charge in [-0.2, -0.15) is 0 Å². The fourth-order valence-corrected chi connectivity index (χ4v) is 3.05. The highest BCUT2D eigenvalue weighted by atomic mass is 32.1. The third kappa shape index (κ3) is 2.35. The van der Waals surface area contributed by atoms with E-state index in [9.17, 15) is 0 Å². The van der Waals surface area contributed by atoms with Crippen molar-refractivity contribution in [3.05, 3.63) is 21.9 Å². The number of allylic oxidation sites excluding steroid dienone is 2. The predicted molar refractivity (Wildman–Crippen MR) is 86.3 cm³/mol. The van der Waals surface area contributed by atoms with E-state index < -0.39 is 0 Å². The van der Waals surface area contributed by atoms with Gasteiger partial charge < -0.3 is 0 Å². The molecule has 0 saturated carbocycles. The maximum absolute atomic E-state index is 4.68. The van der Waals surface area contributed by atoms with Gasteiger partial charge in [-0.15, -0.1) is 11.3 Å². The topological polar surface area (TPSA) is 24.7 Å². The Morgan fingerprint density at radius 3 is 1.63 bits per heavy atom. The van der Waals surface area contributed by atoms with E-state index >= 15 is 0 Å². The summed E-state index contributed by atoms with van der Waals surface area (Å²) in [5.74, 6) is 0. The van der Waals surface area contributed by atoms with Crippen molar-refractivity contribution in [2.75, 3.05) is 0 Å². The molecule has 0 saturated heterocycles. The summed E-state index contributed by atoms with van der Waals surface area (Å²) in [4.78, 5) is 11.8. The number of hydrogen-bond acceptors (Lipinski definition) is 3. The minimum absolute atomic E-state index is 0.00910. The third-order valence-corrected chi connectivity index (χ3v) is 4.39. The number of nitrogens with zero attached hydrogens (tertiary/aromatic N) is 2. The lowest BCUT2D eigenvalue weighted by molar-refractivity contribution is 0.698. The number of hydrogen-bond donors (Lipinski definition) is 0. The standard InChI is InChI=1S/C16H18N2S/c1-15(2)7-5-11-13(17-9-15)14-12(19-11)6-8-16(3,4)10-18-14/h5-10H,1-4H3. The van der Waals surface area contributed by atoms with Gasteiger partial charge in [0.15, 0.2) is 0 Å². The molecule has 0 unspecified atom stereocenters. The molecule has 0 amide bonds. The van der Waals surface area contributed by atoms with Gasteiger partial charge in [-0.1, -0.05) is 39.8 Å². The van der Waals surface area contributed by atoms with Crippen LogP contribution in [0.5, 0.6) is 0 Å². The highest BCUT2D eigenvalue weighted by Gasteiger charge is 2.22. The van der Waals surface area contributed by atoms with Crippen LogP contribution in [0.4, 0.5) is 11.4 Å². The maximum Gasteiger partial charge on any atom is 0.107 e. The highest BCUT2D eigenvalue weighted by Crippen LogP contribution is 2.47. The molecule has 0 aromatic carbocycles. The van der Waals surface area contributed by atoms with E-state index in [0.29, 0.717) is 0 Å². The summed E-state index contributed by atoms with van der Waals surface area (Å²) < 4.78 is 0. The second kappa shape index (κ2) is 4.01. The molecular formula is C16H18N2S. The van der Waals surface area contributed by atoms with Crippen molar-refractivity contribution in [1.29, 1.82) is 0 Å². The summed E-state index contributed by atoms with van der Waals surface area (Å²) in [6.45, 7) is 8.64. The molecule has 1 aromatic heterocycles. The van der Waals surface area contributed by atoms with Gasteiger partial charge in [0, 0.05) is 23.3 Å². The Morgan fingerprint density at radius 2 is 1.21 bits per heavy atom. The minimum atomic E-state index is 0.00910. The monoisotopic (exact) mass is 270 g/mol. The van der Waals surface area contributed by atoms with Crippen LogP contribution in [0.15, 0.2) is 22.1 Å². The number of aliphatic imine (C=N–C) groups is 2. The predicted octanol–water partition coefficient (Wildman–Crippen LogP) is 5.26. The lowest BCUT2D eigenvalue weighted by Gasteiger charge is -2.11. The molecule has 19 heavy (non-hydrogen) atoms. The van der Waals surface area contributed by atoms with Crippen LogP contribution in [-0.4, -0.2) is 12.4 Å². The first-order chi connectivity index (χ1) is 8.86. The molecule has 0 bridgehead atoms.